The zero-order chi connectivity index (χ0) is 19.3. The molecule has 0 aliphatic carbocycles. The second kappa shape index (κ2) is 8.26. The van der Waals surface area contributed by atoms with Gasteiger partial charge in [-0.25, -0.2) is 14.8 Å². The highest BCUT2D eigenvalue weighted by atomic mass is 32.1. The summed E-state index contributed by atoms with van der Waals surface area (Å²) >= 11 is 1.44. The fourth-order valence-corrected chi connectivity index (χ4v) is 3.72. The number of nitrogens with one attached hydrogen (secondary N) is 1. The third kappa shape index (κ3) is 4.06. The third-order valence-corrected chi connectivity index (χ3v) is 5.17. The van der Waals surface area contributed by atoms with Crippen LogP contribution in [0.4, 0.5) is 16.6 Å². The number of nitrogen functional groups attached to an aromatic ring is 1. The monoisotopic (exact) mass is 399 g/mol. The molecule has 3 N–H and O–H groups in total. The van der Waals surface area contributed by atoms with Crippen molar-refractivity contribution in [2.75, 3.05) is 50.0 Å². The van der Waals surface area contributed by atoms with Gasteiger partial charge in [0.25, 0.3) is 0 Å². The summed E-state index contributed by atoms with van der Waals surface area (Å²) in [7, 11) is 0. The Morgan fingerprint density at radius 3 is 2.75 bits per heavy atom. The minimum Gasteiger partial charge on any atom is -0.492 e. The van der Waals surface area contributed by atoms with Crippen LogP contribution >= 0.6 is 11.3 Å². The number of piperazine rings is 1. The maximum absolute atomic E-state index is 12.4. The van der Waals surface area contributed by atoms with Gasteiger partial charge in [-0.15, -0.1) is 11.3 Å². The minimum absolute atomic E-state index is 0.0858. The summed E-state index contributed by atoms with van der Waals surface area (Å²) in [6, 6.07) is 9.46. The maximum atomic E-state index is 12.4. The number of para-hydroxylation sites is 1. The molecule has 1 aliphatic heterocycles. The molecule has 1 aromatic carbocycles. The van der Waals surface area contributed by atoms with Crippen LogP contribution in [0, 0.1) is 0 Å². The molecule has 10 heteroatoms. The first-order valence-electron chi connectivity index (χ1n) is 9.03. The van der Waals surface area contributed by atoms with Crippen molar-refractivity contribution in [2.24, 2.45) is 0 Å². The molecule has 2 aromatic heterocycles. The van der Waals surface area contributed by atoms with Crippen LogP contribution in [0.3, 0.4) is 0 Å². The Balaban J connectivity index is 1.26. The standard InChI is InChI=1S/C18H21N7O2S/c19-17-22-15(14-16(23-17)28-12-21-14)24-7-9-25(10-8-24)18(26)20-6-11-27-13-4-2-1-3-5-13/h1-5,12H,6-11H2,(H,20,26)(H2,19,22,23). The first-order valence-corrected chi connectivity index (χ1v) is 9.91. The van der Waals surface area contributed by atoms with Crippen LogP contribution in [0.25, 0.3) is 10.3 Å². The van der Waals surface area contributed by atoms with E-state index in [1.807, 2.05) is 30.3 Å². The Kier molecular flexibility index (Phi) is 5.38. The number of carbonyl (C=O) groups is 1. The van der Waals surface area contributed by atoms with Gasteiger partial charge in [-0.2, -0.15) is 4.98 Å². The van der Waals surface area contributed by atoms with Gasteiger partial charge < -0.3 is 25.6 Å². The van der Waals surface area contributed by atoms with Gasteiger partial charge in [0.1, 0.15) is 17.9 Å². The average Bonchev–Trinajstić information content (AvgIpc) is 3.20. The number of hydrogen-bond donors (Lipinski definition) is 2. The molecular weight excluding hydrogens is 378 g/mol. The van der Waals surface area contributed by atoms with E-state index >= 15 is 0 Å². The van der Waals surface area contributed by atoms with Crippen LogP contribution in [0.1, 0.15) is 0 Å². The second-order valence-electron chi connectivity index (χ2n) is 6.28. The summed E-state index contributed by atoms with van der Waals surface area (Å²) in [6.07, 6.45) is 0. The van der Waals surface area contributed by atoms with Gasteiger partial charge in [-0.3, -0.25) is 0 Å². The number of thiazole rings is 1. The lowest BCUT2D eigenvalue weighted by molar-refractivity contribution is 0.191. The molecule has 1 saturated heterocycles. The summed E-state index contributed by atoms with van der Waals surface area (Å²) in [6.45, 7) is 3.41. The van der Waals surface area contributed by atoms with E-state index in [-0.39, 0.29) is 12.0 Å². The number of nitrogens with two attached hydrogens (primary N) is 1. The van der Waals surface area contributed by atoms with Gasteiger partial charge in [-0.1, -0.05) is 18.2 Å². The molecule has 146 valence electrons. The minimum atomic E-state index is -0.0858. The Morgan fingerprint density at radius 1 is 1.18 bits per heavy atom. The highest BCUT2D eigenvalue weighted by molar-refractivity contribution is 7.16. The molecule has 0 saturated carbocycles. The van der Waals surface area contributed by atoms with Crippen LogP contribution in [-0.4, -0.2) is 65.2 Å². The molecule has 9 nitrogen and oxygen atoms in total. The molecule has 1 fully saturated rings. The number of anilines is 2. The van der Waals surface area contributed by atoms with Crippen molar-refractivity contribution in [3.63, 3.8) is 0 Å². The number of carbonyl (C=O) groups excluding carboxylic acids is 1. The molecule has 3 aromatic rings. The number of hydrogen-bond acceptors (Lipinski definition) is 8. The van der Waals surface area contributed by atoms with Crippen LogP contribution in [0.15, 0.2) is 35.8 Å². The summed E-state index contributed by atoms with van der Waals surface area (Å²) in [4.78, 5) is 30.0. The lowest BCUT2D eigenvalue weighted by Gasteiger charge is -2.35. The SMILES string of the molecule is Nc1nc(N2CCN(C(=O)NCCOc3ccccc3)CC2)c2ncsc2n1. The summed E-state index contributed by atoms with van der Waals surface area (Å²) in [5, 5.41) is 2.90. The highest BCUT2D eigenvalue weighted by Crippen LogP contribution is 2.26. The first-order chi connectivity index (χ1) is 13.7. The van der Waals surface area contributed by atoms with E-state index in [0.29, 0.717) is 39.3 Å². The fourth-order valence-electron chi connectivity index (χ4n) is 3.06. The van der Waals surface area contributed by atoms with E-state index in [2.05, 4.69) is 25.2 Å². The van der Waals surface area contributed by atoms with Gasteiger partial charge in [0.2, 0.25) is 5.95 Å². The largest absolute Gasteiger partial charge is 0.492 e. The normalized spacial score (nSPS) is 14.3. The first kappa shape index (κ1) is 18.2. The van der Waals surface area contributed by atoms with Gasteiger partial charge in [0, 0.05) is 26.2 Å². The molecule has 0 spiro atoms. The highest BCUT2D eigenvalue weighted by Gasteiger charge is 2.24. The number of rotatable bonds is 5. The molecule has 2 amide bonds. The number of fused-ring (bicyclic) bond motifs is 1. The lowest BCUT2D eigenvalue weighted by atomic mass is 10.3. The van der Waals surface area contributed by atoms with Crippen molar-refractivity contribution < 1.29 is 9.53 Å². The number of ether oxygens (including phenoxy) is 1. The number of nitrogens with zero attached hydrogens (tertiary/aromatic N) is 5. The molecule has 0 radical (unpaired) electrons. The molecular formula is C18H21N7O2S. The quantitative estimate of drug-likeness (QED) is 0.627. The Labute approximate surface area is 166 Å². The number of aromatic nitrogens is 3. The van der Waals surface area contributed by atoms with Crippen LogP contribution in [0.2, 0.25) is 0 Å². The van der Waals surface area contributed by atoms with Crippen molar-refractivity contribution in [2.45, 2.75) is 0 Å². The summed E-state index contributed by atoms with van der Waals surface area (Å²) < 4.78 is 5.59. The maximum Gasteiger partial charge on any atom is 0.317 e. The molecule has 0 bridgehead atoms. The van der Waals surface area contributed by atoms with Gasteiger partial charge >= 0.3 is 6.03 Å². The Morgan fingerprint density at radius 2 is 1.96 bits per heavy atom. The molecule has 0 unspecified atom stereocenters. The van der Waals surface area contributed by atoms with Crippen molar-refractivity contribution in [1.29, 1.82) is 0 Å². The molecule has 0 atom stereocenters. The van der Waals surface area contributed by atoms with Crippen molar-refractivity contribution in [3.05, 3.63) is 35.8 Å². The van der Waals surface area contributed by atoms with Crippen LogP contribution < -0.4 is 20.7 Å². The molecule has 4 rings (SSSR count). The van der Waals surface area contributed by atoms with Crippen molar-refractivity contribution >= 4 is 39.5 Å². The van der Waals surface area contributed by atoms with E-state index in [1.165, 1.54) is 11.3 Å². The fraction of sp³-hybridized carbons (Fsp3) is 0.333. The van der Waals surface area contributed by atoms with E-state index < -0.39 is 0 Å². The molecule has 3 heterocycles. The number of benzene rings is 1. The predicted octanol–water partition coefficient (Wildman–Crippen LogP) is 1.58. The summed E-state index contributed by atoms with van der Waals surface area (Å²) in [5.74, 6) is 1.77. The molecule has 1 aliphatic rings. The second-order valence-corrected chi connectivity index (χ2v) is 7.11. The zero-order valence-corrected chi connectivity index (χ0v) is 16.1. The number of urea groups is 1. The third-order valence-electron chi connectivity index (χ3n) is 4.45. The average molecular weight is 399 g/mol. The van der Waals surface area contributed by atoms with E-state index in [4.69, 9.17) is 10.5 Å². The van der Waals surface area contributed by atoms with E-state index in [9.17, 15) is 4.79 Å². The zero-order valence-electron chi connectivity index (χ0n) is 15.2. The molecule has 28 heavy (non-hydrogen) atoms. The predicted molar refractivity (Wildman–Crippen MR) is 109 cm³/mol. The lowest BCUT2D eigenvalue weighted by Crippen LogP contribution is -2.52. The Hall–Kier alpha value is -3.14. The van der Waals surface area contributed by atoms with Crippen LogP contribution in [0.5, 0.6) is 5.75 Å². The van der Waals surface area contributed by atoms with Gasteiger partial charge in [-0.05, 0) is 12.1 Å². The van der Waals surface area contributed by atoms with Gasteiger partial charge in [0.15, 0.2) is 10.6 Å². The Bertz CT molecular complexity index is 942. The van der Waals surface area contributed by atoms with Gasteiger partial charge in [0.05, 0.1) is 12.1 Å². The number of amides is 2. The smallest absolute Gasteiger partial charge is 0.317 e. The van der Waals surface area contributed by atoms with Crippen molar-refractivity contribution in [1.82, 2.24) is 25.2 Å². The topological polar surface area (TPSA) is 110 Å². The van der Waals surface area contributed by atoms with Crippen LogP contribution in [-0.2, 0) is 0 Å². The summed E-state index contributed by atoms with van der Waals surface area (Å²) in [5.41, 5.74) is 8.32. The van der Waals surface area contributed by atoms with E-state index in [1.54, 1.807) is 10.4 Å². The van der Waals surface area contributed by atoms with Crippen molar-refractivity contribution in [3.8, 4) is 5.75 Å². The van der Waals surface area contributed by atoms with E-state index in [0.717, 1.165) is 21.9 Å².